The lowest BCUT2D eigenvalue weighted by Crippen LogP contribution is -2.37. The molecule has 0 saturated carbocycles. The van der Waals surface area contributed by atoms with Gasteiger partial charge in [-0.1, -0.05) is 76.6 Å². The summed E-state index contributed by atoms with van der Waals surface area (Å²) in [6.45, 7) is 6.93. The molecule has 1 unspecified atom stereocenters. The third-order valence-corrected chi connectivity index (χ3v) is 6.25. The highest BCUT2D eigenvalue weighted by atomic mass is 79.9. The van der Waals surface area contributed by atoms with Gasteiger partial charge in [0.2, 0.25) is 0 Å². The Morgan fingerprint density at radius 2 is 1.65 bits per heavy atom. The molecule has 0 fully saturated rings. The largest absolute Gasteiger partial charge is 0.384 e. The van der Waals surface area contributed by atoms with Crippen molar-refractivity contribution in [2.75, 3.05) is 0 Å². The first-order valence-electron chi connectivity index (χ1n) is 6.52. The first-order chi connectivity index (χ1) is 9.29. The first-order valence-corrected chi connectivity index (χ1v) is 11.2. The van der Waals surface area contributed by atoms with E-state index in [1.54, 1.807) is 6.07 Å². The Morgan fingerprint density at radius 3 is 2.20 bits per heavy atom. The van der Waals surface area contributed by atoms with Crippen LogP contribution < -0.4 is 5.19 Å². The van der Waals surface area contributed by atoms with Gasteiger partial charge in [0.05, 0.1) is 8.07 Å². The lowest BCUT2D eigenvalue weighted by Gasteiger charge is -2.19. The number of aliphatic hydroxyl groups excluding tert-OH is 1. The van der Waals surface area contributed by atoms with Crippen LogP contribution in [0.5, 0.6) is 0 Å². The molecule has 2 aromatic carbocycles. The molecule has 0 spiro atoms. The van der Waals surface area contributed by atoms with E-state index in [2.05, 4.69) is 47.7 Å². The SMILES string of the molecule is C[Si](C)(C)c1ccc(C(O)c2cc(Br)ccc2Cl)cc1. The highest BCUT2D eigenvalue weighted by Gasteiger charge is 2.18. The Morgan fingerprint density at radius 1 is 1.05 bits per heavy atom. The van der Waals surface area contributed by atoms with Gasteiger partial charge in [0.25, 0.3) is 0 Å². The predicted molar refractivity (Wildman–Crippen MR) is 92.6 cm³/mol. The third-order valence-electron chi connectivity index (χ3n) is 3.35. The van der Waals surface area contributed by atoms with Gasteiger partial charge in [-0.05, 0) is 23.8 Å². The molecule has 0 amide bonds. The van der Waals surface area contributed by atoms with E-state index in [9.17, 15) is 5.11 Å². The van der Waals surface area contributed by atoms with Gasteiger partial charge in [0.15, 0.2) is 0 Å². The van der Waals surface area contributed by atoms with Crippen molar-refractivity contribution in [2.45, 2.75) is 25.7 Å². The van der Waals surface area contributed by atoms with E-state index >= 15 is 0 Å². The van der Waals surface area contributed by atoms with Gasteiger partial charge in [0.1, 0.15) is 6.10 Å². The van der Waals surface area contributed by atoms with E-state index in [-0.39, 0.29) is 0 Å². The van der Waals surface area contributed by atoms with Crippen LogP contribution in [-0.2, 0) is 0 Å². The number of benzene rings is 2. The predicted octanol–water partition coefficient (Wildman–Crippen LogP) is 4.73. The lowest BCUT2D eigenvalue weighted by molar-refractivity contribution is 0.220. The molecule has 1 atom stereocenters. The molecular weight excluding hydrogens is 352 g/mol. The smallest absolute Gasteiger partial charge is 0.106 e. The fourth-order valence-electron chi connectivity index (χ4n) is 2.07. The summed E-state index contributed by atoms with van der Waals surface area (Å²) >= 11 is 9.58. The topological polar surface area (TPSA) is 20.2 Å². The van der Waals surface area contributed by atoms with Gasteiger partial charge in [-0.25, -0.2) is 0 Å². The summed E-state index contributed by atoms with van der Waals surface area (Å²) in [5.74, 6) is 0. The minimum absolute atomic E-state index is 0.579. The molecule has 0 radical (unpaired) electrons. The van der Waals surface area contributed by atoms with Crippen molar-refractivity contribution in [3.8, 4) is 0 Å². The zero-order valence-electron chi connectivity index (χ0n) is 11.8. The second-order valence-corrected chi connectivity index (χ2v) is 12.3. The van der Waals surface area contributed by atoms with Crippen LogP contribution >= 0.6 is 27.5 Å². The molecule has 2 rings (SSSR count). The van der Waals surface area contributed by atoms with Crippen molar-refractivity contribution in [3.63, 3.8) is 0 Å². The van der Waals surface area contributed by atoms with Crippen LogP contribution in [0.2, 0.25) is 24.7 Å². The standard InChI is InChI=1S/C16H18BrClOSi/c1-20(2,3)13-7-4-11(5-8-13)16(19)14-10-12(17)6-9-15(14)18/h4-10,16,19H,1-3H3. The highest BCUT2D eigenvalue weighted by Crippen LogP contribution is 2.30. The summed E-state index contributed by atoms with van der Waals surface area (Å²) in [5.41, 5.74) is 1.59. The van der Waals surface area contributed by atoms with Crippen molar-refractivity contribution < 1.29 is 5.11 Å². The molecule has 0 bridgehead atoms. The molecule has 1 N–H and O–H groups in total. The Bertz CT molecular complexity index is 605. The minimum atomic E-state index is -1.31. The molecule has 0 heterocycles. The second kappa shape index (κ2) is 6.02. The minimum Gasteiger partial charge on any atom is -0.384 e. The highest BCUT2D eigenvalue weighted by molar-refractivity contribution is 9.10. The van der Waals surface area contributed by atoms with Crippen molar-refractivity contribution in [2.24, 2.45) is 0 Å². The number of hydrogen-bond donors (Lipinski definition) is 1. The van der Waals surface area contributed by atoms with Crippen LogP contribution in [-0.4, -0.2) is 13.2 Å². The van der Waals surface area contributed by atoms with Crippen molar-refractivity contribution in [1.82, 2.24) is 0 Å². The molecular formula is C16H18BrClOSi. The lowest BCUT2D eigenvalue weighted by atomic mass is 10.0. The van der Waals surface area contributed by atoms with Crippen LogP contribution in [0.15, 0.2) is 46.9 Å². The molecule has 0 aliphatic carbocycles. The molecule has 20 heavy (non-hydrogen) atoms. The number of aliphatic hydroxyl groups is 1. The Balaban J connectivity index is 2.34. The number of hydrogen-bond acceptors (Lipinski definition) is 1. The molecule has 0 saturated heterocycles. The van der Waals surface area contributed by atoms with Gasteiger partial charge in [-0.15, -0.1) is 0 Å². The van der Waals surface area contributed by atoms with Gasteiger partial charge >= 0.3 is 0 Å². The maximum atomic E-state index is 10.5. The van der Waals surface area contributed by atoms with Crippen LogP contribution in [0.25, 0.3) is 0 Å². The monoisotopic (exact) mass is 368 g/mol. The average molecular weight is 370 g/mol. The van der Waals surface area contributed by atoms with Crippen molar-refractivity contribution in [1.29, 1.82) is 0 Å². The Kier molecular flexibility index (Phi) is 4.75. The maximum Gasteiger partial charge on any atom is 0.106 e. The Labute approximate surface area is 134 Å². The third kappa shape index (κ3) is 3.53. The van der Waals surface area contributed by atoms with Crippen LogP contribution in [0, 0.1) is 0 Å². The van der Waals surface area contributed by atoms with Crippen LogP contribution in [0.1, 0.15) is 17.2 Å². The molecule has 4 heteroatoms. The van der Waals surface area contributed by atoms with E-state index < -0.39 is 14.2 Å². The van der Waals surface area contributed by atoms with Crippen molar-refractivity contribution >= 4 is 40.8 Å². The van der Waals surface area contributed by atoms with Crippen LogP contribution in [0.3, 0.4) is 0 Å². The van der Waals surface area contributed by atoms with Gasteiger partial charge in [0, 0.05) is 15.1 Å². The van der Waals surface area contributed by atoms with Gasteiger partial charge in [-0.2, -0.15) is 0 Å². The van der Waals surface area contributed by atoms with E-state index in [1.165, 1.54) is 5.19 Å². The molecule has 106 valence electrons. The molecule has 1 nitrogen and oxygen atoms in total. The van der Waals surface area contributed by atoms with Gasteiger partial charge < -0.3 is 5.11 Å². The zero-order chi connectivity index (χ0) is 14.9. The zero-order valence-corrected chi connectivity index (χ0v) is 15.2. The summed E-state index contributed by atoms with van der Waals surface area (Å²) in [7, 11) is -1.31. The molecule has 2 aromatic rings. The normalized spacial score (nSPS) is 13.3. The van der Waals surface area contributed by atoms with Gasteiger partial charge in [-0.3, -0.25) is 0 Å². The van der Waals surface area contributed by atoms with E-state index in [1.807, 2.05) is 24.3 Å². The van der Waals surface area contributed by atoms with Crippen LogP contribution in [0.4, 0.5) is 0 Å². The fourth-order valence-corrected chi connectivity index (χ4v) is 3.84. The Hall–Kier alpha value is -0.613. The summed E-state index contributed by atoms with van der Waals surface area (Å²) in [5, 5.41) is 12.5. The summed E-state index contributed by atoms with van der Waals surface area (Å²) in [6.07, 6.45) is -0.698. The molecule has 0 aliphatic rings. The van der Waals surface area contributed by atoms with Crippen molar-refractivity contribution in [3.05, 3.63) is 63.1 Å². The first kappa shape index (κ1) is 15.8. The number of halogens is 2. The second-order valence-electron chi connectivity index (χ2n) is 5.94. The summed E-state index contributed by atoms with van der Waals surface area (Å²) in [4.78, 5) is 0. The maximum absolute atomic E-state index is 10.5. The number of rotatable bonds is 3. The van der Waals surface area contributed by atoms with E-state index in [0.29, 0.717) is 5.02 Å². The summed E-state index contributed by atoms with van der Waals surface area (Å²) in [6, 6.07) is 13.8. The quantitative estimate of drug-likeness (QED) is 0.775. The van der Waals surface area contributed by atoms with E-state index in [0.717, 1.165) is 15.6 Å². The average Bonchev–Trinajstić information content (AvgIpc) is 2.40. The molecule has 0 aliphatic heterocycles. The summed E-state index contributed by atoms with van der Waals surface area (Å²) < 4.78 is 0.912. The molecule has 0 aromatic heterocycles. The van der Waals surface area contributed by atoms with E-state index in [4.69, 9.17) is 11.6 Å². The fraction of sp³-hybridized carbons (Fsp3) is 0.250.